The molecular formula is C15H24N2O4. The Bertz CT molecular complexity index is 427. The maximum atomic E-state index is 11.3. The van der Waals surface area contributed by atoms with E-state index < -0.39 is 0 Å². The molecule has 1 aromatic rings. The van der Waals surface area contributed by atoms with Crippen LogP contribution in [0.1, 0.15) is 35.4 Å². The van der Waals surface area contributed by atoms with Crippen LogP contribution in [0.25, 0.3) is 0 Å². The SMILES string of the molecule is COC(=O)c1ccc(CNCCCOCC2CCCO2)[nH]1. The summed E-state index contributed by atoms with van der Waals surface area (Å²) >= 11 is 0. The molecule has 1 unspecified atom stereocenters. The molecule has 2 rings (SSSR count). The van der Waals surface area contributed by atoms with Gasteiger partial charge in [-0.25, -0.2) is 4.79 Å². The smallest absolute Gasteiger partial charge is 0.354 e. The molecule has 0 spiro atoms. The maximum absolute atomic E-state index is 11.3. The maximum Gasteiger partial charge on any atom is 0.354 e. The summed E-state index contributed by atoms with van der Waals surface area (Å²) in [6.45, 7) is 3.89. The number of rotatable bonds is 9. The first kappa shape index (κ1) is 16.0. The van der Waals surface area contributed by atoms with E-state index in [0.29, 0.717) is 24.9 Å². The number of aromatic amines is 1. The van der Waals surface area contributed by atoms with Crippen LogP contribution in [0.3, 0.4) is 0 Å². The zero-order valence-electron chi connectivity index (χ0n) is 12.5. The number of hydrogen-bond donors (Lipinski definition) is 2. The fourth-order valence-electron chi connectivity index (χ4n) is 2.29. The highest BCUT2D eigenvalue weighted by molar-refractivity contribution is 5.87. The molecule has 1 aromatic heterocycles. The summed E-state index contributed by atoms with van der Waals surface area (Å²) in [5, 5.41) is 3.31. The van der Waals surface area contributed by atoms with Crippen LogP contribution in [0.2, 0.25) is 0 Å². The molecule has 1 aliphatic rings. The Hall–Kier alpha value is -1.37. The van der Waals surface area contributed by atoms with Gasteiger partial charge in [-0.05, 0) is 37.9 Å². The molecule has 2 heterocycles. The monoisotopic (exact) mass is 296 g/mol. The summed E-state index contributed by atoms with van der Waals surface area (Å²) in [6, 6.07) is 3.61. The van der Waals surface area contributed by atoms with Crippen molar-refractivity contribution in [2.75, 3.05) is 33.5 Å². The lowest BCUT2D eigenvalue weighted by Gasteiger charge is -2.10. The van der Waals surface area contributed by atoms with Crippen molar-refractivity contribution in [2.24, 2.45) is 0 Å². The second kappa shape index (κ2) is 8.81. The Balaban J connectivity index is 1.49. The van der Waals surface area contributed by atoms with E-state index in [4.69, 9.17) is 9.47 Å². The summed E-state index contributed by atoms with van der Waals surface area (Å²) in [6.07, 6.45) is 3.53. The largest absolute Gasteiger partial charge is 0.464 e. The highest BCUT2D eigenvalue weighted by atomic mass is 16.5. The number of esters is 1. The third-order valence-electron chi connectivity index (χ3n) is 3.44. The number of carbonyl (C=O) groups is 1. The normalized spacial score (nSPS) is 18.0. The van der Waals surface area contributed by atoms with E-state index >= 15 is 0 Å². The van der Waals surface area contributed by atoms with Crippen LogP contribution in [0, 0.1) is 0 Å². The first-order valence-corrected chi connectivity index (χ1v) is 7.46. The van der Waals surface area contributed by atoms with Crippen molar-refractivity contribution < 1.29 is 19.0 Å². The standard InChI is InChI=1S/C15H24N2O4/c1-19-15(18)14-6-5-12(17-14)10-16-7-3-8-20-11-13-4-2-9-21-13/h5-6,13,16-17H,2-4,7-11H2,1H3. The topological polar surface area (TPSA) is 72.6 Å². The molecule has 0 saturated carbocycles. The van der Waals surface area contributed by atoms with E-state index in [0.717, 1.165) is 44.7 Å². The lowest BCUT2D eigenvalue weighted by molar-refractivity contribution is 0.0166. The molecule has 1 saturated heterocycles. The van der Waals surface area contributed by atoms with Gasteiger partial charge in [0.05, 0.1) is 19.8 Å². The number of methoxy groups -OCH3 is 1. The molecule has 6 heteroatoms. The van der Waals surface area contributed by atoms with Gasteiger partial charge in [-0.15, -0.1) is 0 Å². The van der Waals surface area contributed by atoms with Gasteiger partial charge in [0.25, 0.3) is 0 Å². The minimum Gasteiger partial charge on any atom is -0.464 e. The Morgan fingerprint density at radius 2 is 2.43 bits per heavy atom. The summed E-state index contributed by atoms with van der Waals surface area (Å²) in [7, 11) is 1.37. The summed E-state index contributed by atoms with van der Waals surface area (Å²) in [4.78, 5) is 14.3. The van der Waals surface area contributed by atoms with Crippen LogP contribution in [-0.2, 0) is 20.8 Å². The first-order chi connectivity index (χ1) is 10.3. The molecule has 1 aliphatic heterocycles. The van der Waals surface area contributed by atoms with E-state index in [9.17, 15) is 4.79 Å². The fourth-order valence-corrected chi connectivity index (χ4v) is 2.29. The van der Waals surface area contributed by atoms with E-state index in [-0.39, 0.29) is 5.97 Å². The van der Waals surface area contributed by atoms with Gasteiger partial charge in [0, 0.05) is 25.5 Å². The van der Waals surface area contributed by atoms with Crippen molar-refractivity contribution in [2.45, 2.75) is 31.9 Å². The molecule has 0 aliphatic carbocycles. The Kier molecular flexibility index (Phi) is 6.72. The van der Waals surface area contributed by atoms with Gasteiger partial charge in [0.2, 0.25) is 0 Å². The molecule has 21 heavy (non-hydrogen) atoms. The summed E-state index contributed by atoms with van der Waals surface area (Å²) in [5.41, 5.74) is 1.45. The van der Waals surface area contributed by atoms with Crippen molar-refractivity contribution in [1.82, 2.24) is 10.3 Å². The minimum absolute atomic E-state index is 0.300. The van der Waals surface area contributed by atoms with Gasteiger partial charge < -0.3 is 24.5 Å². The predicted molar refractivity (Wildman–Crippen MR) is 78.2 cm³/mol. The zero-order chi connectivity index (χ0) is 14.9. The van der Waals surface area contributed by atoms with Gasteiger partial charge in [-0.2, -0.15) is 0 Å². The van der Waals surface area contributed by atoms with Crippen LogP contribution in [0.4, 0.5) is 0 Å². The average Bonchev–Trinajstić information content (AvgIpc) is 3.17. The van der Waals surface area contributed by atoms with Crippen LogP contribution in [-0.4, -0.2) is 50.5 Å². The number of aromatic nitrogens is 1. The van der Waals surface area contributed by atoms with Crippen LogP contribution in [0.5, 0.6) is 0 Å². The molecule has 1 fully saturated rings. The lowest BCUT2D eigenvalue weighted by atomic mass is 10.2. The Morgan fingerprint density at radius 1 is 1.52 bits per heavy atom. The van der Waals surface area contributed by atoms with Crippen LogP contribution < -0.4 is 5.32 Å². The van der Waals surface area contributed by atoms with Gasteiger partial charge in [-0.1, -0.05) is 0 Å². The number of carbonyl (C=O) groups excluding carboxylic acids is 1. The van der Waals surface area contributed by atoms with Crippen molar-refractivity contribution >= 4 is 5.97 Å². The number of H-pyrrole nitrogens is 1. The average molecular weight is 296 g/mol. The van der Waals surface area contributed by atoms with E-state index in [1.165, 1.54) is 7.11 Å². The molecule has 118 valence electrons. The van der Waals surface area contributed by atoms with Crippen LogP contribution >= 0.6 is 0 Å². The summed E-state index contributed by atoms with van der Waals surface area (Å²) in [5.74, 6) is -0.344. The van der Waals surface area contributed by atoms with E-state index in [1.807, 2.05) is 6.07 Å². The van der Waals surface area contributed by atoms with Crippen LogP contribution in [0.15, 0.2) is 12.1 Å². The second-order valence-electron chi connectivity index (χ2n) is 5.13. The number of nitrogens with one attached hydrogen (secondary N) is 2. The molecule has 1 atom stereocenters. The first-order valence-electron chi connectivity index (χ1n) is 7.46. The van der Waals surface area contributed by atoms with Gasteiger partial charge in [0.15, 0.2) is 0 Å². The molecule has 2 N–H and O–H groups in total. The predicted octanol–water partition coefficient (Wildman–Crippen LogP) is 1.48. The fraction of sp³-hybridized carbons (Fsp3) is 0.667. The van der Waals surface area contributed by atoms with Gasteiger partial charge in [-0.3, -0.25) is 0 Å². The van der Waals surface area contributed by atoms with Crippen molar-refractivity contribution in [1.29, 1.82) is 0 Å². The lowest BCUT2D eigenvalue weighted by Crippen LogP contribution is -2.19. The Labute approximate surface area is 125 Å². The molecule has 0 bridgehead atoms. The quantitative estimate of drug-likeness (QED) is 0.533. The third-order valence-corrected chi connectivity index (χ3v) is 3.44. The Morgan fingerprint density at radius 3 is 3.19 bits per heavy atom. The molecular weight excluding hydrogens is 272 g/mol. The highest BCUT2D eigenvalue weighted by Crippen LogP contribution is 2.11. The van der Waals surface area contributed by atoms with Crippen molar-refractivity contribution in [3.8, 4) is 0 Å². The third kappa shape index (κ3) is 5.49. The molecule has 0 aromatic carbocycles. The van der Waals surface area contributed by atoms with Gasteiger partial charge in [0.1, 0.15) is 5.69 Å². The highest BCUT2D eigenvalue weighted by Gasteiger charge is 2.14. The van der Waals surface area contributed by atoms with E-state index in [1.54, 1.807) is 6.07 Å². The number of ether oxygens (including phenoxy) is 3. The summed E-state index contributed by atoms with van der Waals surface area (Å²) < 4.78 is 15.7. The molecule has 6 nitrogen and oxygen atoms in total. The number of hydrogen-bond acceptors (Lipinski definition) is 5. The zero-order valence-corrected chi connectivity index (χ0v) is 12.5. The van der Waals surface area contributed by atoms with E-state index in [2.05, 4.69) is 15.0 Å². The molecule has 0 amide bonds. The van der Waals surface area contributed by atoms with Crippen molar-refractivity contribution in [3.05, 3.63) is 23.5 Å². The van der Waals surface area contributed by atoms with Crippen molar-refractivity contribution in [3.63, 3.8) is 0 Å². The molecule has 0 radical (unpaired) electrons. The second-order valence-corrected chi connectivity index (χ2v) is 5.13. The minimum atomic E-state index is -0.344. The van der Waals surface area contributed by atoms with Gasteiger partial charge >= 0.3 is 5.97 Å².